The van der Waals surface area contributed by atoms with Crippen LogP contribution in [0.1, 0.15) is 17.9 Å². The number of hydrogen-bond donors (Lipinski definition) is 2. The first-order valence-electron chi connectivity index (χ1n) is 10.2. The molecule has 0 unspecified atom stereocenters. The fraction of sp³-hybridized carbons (Fsp3) is 0.217. The standard InChI is InChI=1S/C23H22N6O2/c1-15-13-21-28(23(31)17-8-3-5-10-19(17)29(21)27-15)14-20-25-18-9-4-2-7-16(18)22(26-20)24-11-6-12-30/h2-5,7-10,13,30H,6,11-12,14H2,1H3,(H,24,25,26). The second-order valence-electron chi connectivity index (χ2n) is 7.47. The van der Waals surface area contributed by atoms with E-state index in [4.69, 9.17) is 15.1 Å². The molecule has 0 saturated carbocycles. The molecule has 0 saturated heterocycles. The monoisotopic (exact) mass is 414 g/mol. The zero-order chi connectivity index (χ0) is 21.4. The summed E-state index contributed by atoms with van der Waals surface area (Å²) in [6.07, 6.45) is 0.619. The summed E-state index contributed by atoms with van der Waals surface area (Å²) in [5, 5.41) is 18.5. The molecule has 0 spiro atoms. The van der Waals surface area contributed by atoms with Gasteiger partial charge in [0.25, 0.3) is 5.56 Å². The van der Waals surface area contributed by atoms with Gasteiger partial charge in [-0.15, -0.1) is 0 Å². The number of nitrogens with one attached hydrogen (secondary N) is 1. The van der Waals surface area contributed by atoms with Crippen molar-refractivity contribution in [1.29, 1.82) is 0 Å². The smallest absolute Gasteiger partial charge is 0.262 e. The number of hydrogen-bond acceptors (Lipinski definition) is 6. The molecular formula is C23H22N6O2. The van der Waals surface area contributed by atoms with E-state index < -0.39 is 0 Å². The summed E-state index contributed by atoms with van der Waals surface area (Å²) in [5.41, 5.74) is 3.00. The van der Waals surface area contributed by atoms with Crippen LogP contribution in [0.5, 0.6) is 0 Å². The van der Waals surface area contributed by atoms with Crippen molar-refractivity contribution in [2.45, 2.75) is 19.9 Å². The van der Waals surface area contributed by atoms with Gasteiger partial charge in [-0.2, -0.15) is 5.10 Å². The molecule has 3 heterocycles. The lowest BCUT2D eigenvalue weighted by Crippen LogP contribution is -2.24. The van der Waals surface area contributed by atoms with Crippen molar-refractivity contribution < 1.29 is 5.11 Å². The molecule has 3 aromatic heterocycles. The lowest BCUT2D eigenvalue weighted by molar-refractivity contribution is 0.292. The summed E-state index contributed by atoms with van der Waals surface area (Å²) in [4.78, 5) is 22.8. The van der Waals surface area contributed by atoms with E-state index >= 15 is 0 Å². The molecule has 8 nitrogen and oxygen atoms in total. The maximum absolute atomic E-state index is 13.3. The van der Waals surface area contributed by atoms with E-state index in [0.29, 0.717) is 35.6 Å². The van der Waals surface area contributed by atoms with E-state index in [-0.39, 0.29) is 18.7 Å². The van der Waals surface area contributed by atoms with Gasteiger partial charge in [-0.05, 0) is 37.6 Å². The number of rotatable bonds is 6. The van der Waals surface area contributed by atoms with E-state index in [2.05, 4.69) is 10.4 Å². The number of aliphatic hydroxyl groups is 1. The number of para-hydroxylation sites is 2. The summed E-state index contributed by atoms with van der Waals surface area (Å²) in [7, 11) is 0. The zero-order valence-electron chi connectivity index (χ0n) is 17.1. The van der Waals surface area contributed by atoms with Crippen molar-refractivity contribution in [3.05, 3.63) is 76.5 Å². The molecule has 0 aliphatic heterocycles. The number of benzene rings is 2. The van der Waals surface area contributed by atoms with Gasteiger partial charge in [0.2, 0.25) is 0 Å². The largest absolute Gasteiger partial charge is 0.396 e. The topological polar surface area (TPSA) is 97.3 Å². The average molecular weight is 414 g/mol. The predicted octanol–water partition coefficient (Wildman–Crippen LogP) is 2.74. The van der Waals surface area contributed by atoms with Crippen LogP contribution < -0.4 is 10.9 Å². The van der Waals surface area contributed by atoms with Gasteiger partial charge in [0, 0.05) is 24.6 Å². The SMILES string of the molecule is Cc1cc2n(Cc3nc(NCCCO)c4ccccc4n3)c(=O)c3ccccc3n2n1. The molecule has 8 heteroatoms. The van der Waals surface area contributed by atoms with Crippen LogP contribution in [0.2, 0.25) is 0 Å². The van der Waals surface area contributed by atoms with E-state index in [1.807, 2.05) is 61.5 Å². The van der Waals surface area contributed by atoms with E-state index in [1.165, 1.54) is 0 Å². The molecule has 0 atom stereocenters. The third-order valence-corrected chi connectivity index (χ3v) is 5.27. The van der Waals surface area contributed by atoms with Crippen molar-refractivity contribution in [2.24, 2.45) is 0 Å². The highest BCUT2D eigenvalue weighted by Gasteiger charge is 2.15. The summed E-state index contributed by atoms with van der Waals surface area (Å²) in [5.74, 6) is 1.23. The minimum Gasteiger partial charge on any atom is -0.396 e. The van der Waals surface area contributed by atoms with Gasteiger partial charge < -0.3 is 10.4 Å². The molecule has 2 aromatic carbocycles. The van der Waals surface area contributed by atoms with Crippen LogP contribution in [0, 0.1) is 6.92 Å². The molecule has 5 rings (SSSR count). The van der Waals surface area contributed by atoms with E-state index in [0.717, 1.165) is 22.1 Å². The molecular weight excluding hydrogens is 392 g/mol. The van der Waals surface area contributed by atoms with Crippen LogP contribution in [0.4, 0.5) is 5.82 Å². The van der Waals surface area contributed by atoms with Gasteiger partial charge in [0.15, 0.2) is 5.82 Å². The first-order chi connectivity index (χ1) is 15.2. The lowest BCUT2D eigenvalue weighted by Gasteiger charge is -2.13. The summed E-state index contributed by atoms with van der Waals surface area (Å²) >= 11 is 0. The Balaban J connectivity index is 1.67. The Kier molecular flexibility index (Phi) is 4.83. The number of aromatic nitrogens is 5. The number of fused-ring (bicyclic) bond motifs is 4. The first-order valence-corrected chi connectivity index (χ1v) is 10.2. The average Bonchev–Trinajstić information content (AvgIpc) is 3.18. The van der Waals surface area contributed by atoms with Crippen molar-refractivity contribution in [2.75, 3.05) is 18.5 Å². The fourth-order valence-corrected chi connectivity index (χ4v) is 3.85. The van der Waals surface area contributed by atoms with Crippen LogP contribution >= 0.6 is 0 Å². The molecule has 0 aliphatic rings. The van der Waals surface area contributed by atoms with Gasteiger partial charge in [0.05, 0.1) is 28.7 Å². The Morgan fingerprint density at radius 3 is 2.65 bits per heavy atom. The molecule has 0 amide bonds. The molecule has 0 fully saturated rings. The minimum absolute atomic E-state index is 0.102. The van der Waals surface area contributed by atoms with Gasteiger partial charge >= 0.3 is 0 Å². The van der Waals surface area contributed by atoms with Crippen LogP contribution in [-0.2, 0) is 6.54 Å². The number of nitrogens with zero attached hydrogens (tertiary/aromatic N) is 5. The number of anilines is 1. The summed E-state index contributed by atoms with van der Waals surface area (Å²) in [6, 6.07) is 17.1. The molecule has 0 bridgehead atoms. The Labute approximate surface area is 177 Å². The Morgan fingerprint density at radius 1 is 1.03 bits per heavy atom. The highest BCUT2D eigenvalue weighted by Crippen LogP contribution is 2.21. The maximum atomic E-state index is 13.3. The van der Waals surface area contributed by atoms with Crippen molar-refractivity contribution in [3.8, 4) is 0 Å². The third-order valence-electron chi connectivity index (χ3n) is 5.27. The van der Waals surface area contributed by atoms with Gasteiger partial charge in [0.1, 0.15) is 11.5 Å². The van der Waals surface area contributed by atoms with Crippen molar-refractivity contribution in [3.63, 3.8) is 0 Å². The highest BCUT2D eigenvalue weighted by molar-refractivity contribution is 5.89. The Bertz CT molecular complexity index is 1470. The van der Waals surface area contributed by atoms with Crippen LogP contribution in [-0.4, -0.2) is 42.4 Å². The van der Waals surface area contributed by atoms with Crippen LogP contribution in [0.25, 0.3) is 27.5 Å². The molecule has 0 aliphatic carbocycles. The van der Waals surface area contributed by atoms with E-state index in [9.17, 15) is 4.79 Å². The highest BCUT2D eigenvalue weighted by atomic mass is 16.3. The second kappa shape index (κ2) is 7.81. The molecule has 5 aromatic rings. The van der Waals surface area contributed by atoms with Crippen LogP contribution in [0.15, 0.2) is 59.4 Å². The van der Waals surface area contributed by atoms with Gasteiger partial charge in [-0.1, -0.05) is 24.3 Å². The first kappa shape index (κ1) is 19.2. The number of aliphatic hydroxyl groups excluding tert-OH is 1. The normalized spacial score (nSPS) is 11.5. The summed E-state index contributed by atoms with van der Waals surface area (Å²) in [6.45, 7) is 2.83. The minimum atomic E-state index is -0.102. The van der Waals surface area contributed by atoms with Crippen molar-refractivity contribution in [1.82, 2.24) is 24.1 Å². The third kappa shape index (κ3) is 3.40. The Hall–Kier alpha value is -3.78. The fourth-order valence-electron chi connectivity index (χ4n) is 3.85. The maximum Gasteiger partial charge on any atom is 0.262 e. The zero-order valence-corrected chi connectivity index (χ0v) is 17.1. The lowest BCUT2D eigenvalue weighted by atomic mass is 10.2. The quantitative estimate of drug-likeness (QED) is 0.415. The second-order valence-corrected chi connectivity index (χ2v) is 7.47. The van der Waals surface area contributed by atoms with Crippen LogP contribution in [0.3, 0.4) is 0 Å². The summed E-state index contributed by atoms with van der Waals surface area (Å²) < 4.78 is 3.47. The molecule has 31 heavy (non-hydrogen) atoms. The molecule has 0 radical (unpaired) electrons. The molecule has 156 valence electrons. The number of aryl methyl sites for hydroxylation is 1. The van der Waals surface area contributed by atoms with Crippen molar-refractivity contribution >= 4 is 33.3 Å². The van der Waals surface area contributed by atoms with Gasteiger partial charge in [-0.25, -0.2) is 14.5 Å². The Morgan fingerprint density at radius 2 is 1.81 bits per heavy atom. The molecule has 2 N–H and O–H groups in total. The van der Waals surface area contributed by atoms with E-state index in [1.54, 1.807) is 9.08 Å². The van der Waals surface area contributed by atoms with Gasteiger partial charge in [-0.3, -0.25) is 9.36 Å². The predicted molar refractivity (Wildman–Crippen MR) is 121 cm³/mol.